The molecule has 1 heterocycles. The van der Waals surface area contributed by atoms with Crippen LogP contribution in [0.1, 0.15) is 66.2 Å². The number of Topliss-reactive ketones (excluding diaryl/α,β-unsaturated/α-hetero) is 1. The lowest BCUT2D eigenvalue weighted by atomic mass is 9.48. The van der Waals surface area contributed by atoms with Crippen LogP contribution in [0.4, 0.5) is 0 Å². The Kier molecular flexibility index (Phi) is 4.16. The van der Waals surface area contributed by atoms with Crippen molar-refractivity contribution in [1.29, 1.82) is 0 Å². The highest BCUT2D eigenvalue weighted by molar-refractivity contribution is 6.22. The number of benzene rings is 1. The van der Waals surface area contributed by atoms with Crippen LogP contribution in [0.3, 0.4) is 0 Å². The van der Waals surface area contributed by atoms with Crippen LogP contribution in [0.5, 0.6) is 0 Å². The molecule has 0 N–H and O–H groups in total. The third-order valence-corrected chi connectivity index (χ3v) is 7.53. The zero-order valence-corrected chi connectivity index (χ0v) is 16.6. The zero-order chi connectivity index (χ0) is 20.3. The number of carbonyl (C=O) groups excluding carboxylic acids is 4. The summed E-state index contributed by atoms with van der Waals surface area (Å²) in [6.07, 6.45) is 6.48. The molecule has 29 heavy (non-hydrogen) atoms. The van der Waals surface area contributed by atoms with E-state index in [1.807, 2.05) is 0 Å². The first-order valence-electron chi connectivity index (χ1n) is 10.5. The fourth-order valence-electron chi connectivity index (χ4n) is 6.53. The summed E-state index contributed by atoms with van der Waals surface area (Å²) in [5.74, 6) is 0.219. The summed E-state index contributed by atoms with van der Waals surface area (Å²) < 4.78 is 5.33. The number of hydrogen-bond acceptors (Lipinski definition) is 5. The first kappa shape index (κ1) is 18.5. The molecular formula is C23H25NO5. The van der Waals surface area contributed by atoms with Gasteiger partial charge in [0.25, 0.3) is 11.8 Å². The number of fused-ring (bicyclic) bond motifs is 1. The predicted molar refractivity (Wildman–Crippen MR) is 103 cm³/mol. The van der Waals surface area contributed by atoms with Crippen LogP contribution in [-0.4, -0.2) is 41.1 Å². The van der Waals surface area contributed by atoms with Gasteiger partial charge in [0.15, 0.2) is 12.4 Å². The summed E-state index contributed by atoms with van der Waals surface area (Å²) in [7, 11) is 0. The SMILES string of the molecule is C[C@@H](C(=O)OCC(=O)C12CC3CC(CC(C3)C1)C2)N1C(=O)c2ccccc2C1=O. The zero-order valence-electron chi connectivity index (χ0n) is 16.6. The molecule has 0 aromatic heterocycles. The van der Waals surface area contributed by atoms with Crippen molar-refractivity contribution in [2.24, 2.45) is 23.2 Å². The monoisotopic (exact) mass is 395 g/mol. The molecule has 4 saturated carbocycles. The largest absolute Gasteiger partial charge is 0.456 e. The van der Waals surface area contributed by atoms with Crippen LogP contribution in [0.2, 0.25) is 0 Å². The summed E-state index contributed by atoms with van der Waals surface area (Å²) in [6.45, 7) is 1.21. The highest BCUT2D eigenvalue weighted by Gasteiger charge is 2.54. The van der Waals surface area contributed by atoms with E-state index < -0.39 is 23.8 Å². The van der Waals surface area contributed by atoms with Gasteiger partial charge in [0.1, 0.15) is 6.04 Å². The first-order chi connectivity index (χ1) is 13.9. The average Bonchev–Trinajstić information content (AvgIpc) is 2.95. The minimum absolute atomic E-state index is 0.0134. The van der Waals surface area contributed by atoms with Gasteiger partial charge in [-0.05, 0) is 75.3 Å². The normalized spacial score (nSPS) is 33.0. The van der Waals surface area contributed by atoms with Crippen LogP contribution >= 0.6 is 0 Å². The summed E-state index contributed by atoms with van der Waals surface area (Å²) in [5.41, 5.74) is 0.261. The van der Waals surface area contributed by atoms with Crippen LogP contribution in [0.15, 0.2) is 24.3 Å². The Labute approximate surface area is 169 Å². The molecule has 4 fully saturated rings. The van der Waals surface area contributed by atoms with Crippen LogP contribution in [0.25, 0.3) is 0 Å². The Morgan fingerprint density at radius 1 is 1.00 bits per heavy atom. The molecule has 6 rings (SSSR count). The number of rotatable bonds is 5. The molecule has 0 radical (unpaired) electrons. The number of imide groups is 1. The van der Waals surface area contributed by atoms with Gasteiger partial charge in [-0.25, -0.2) is 4.79 Å². The average molecular weight is 395 g/mol. The topological polar surface area (TPSA) is 80.8 Å². The molecular weight excluding hydrogens is 370 g/mol. The molecule has 4 aliphatic carbocycles. The van der Waals surface area contributed by atoms with Gasteiger partial charge in [0.2, 0.25) is 0 Å². The molecule has 2 amide bonds. The van der Waals surface area contributed by atoms with Gasteiger partial charge in [-0.3, -0.25) is 19.3 Å². The highest BCUT2D eigenvalue weighted by Crippen LogP contribution is 2.60. The number of ketones is 1. The van der Waals surface area contributed by atoms with Gasteiger partial charge in [0, 0.05) is 5.41 Å². The van der Waals surface area contributed by atoms with Crippen LogP contribution in [0, 0.1) is 23.2 Å². The summed E-state index contributed by atoms with van der Waals surface area (Å²) in [4.78, 5) is 51.6. The molecule has 1 aliphatic heterocycles. The Morgan fingerprint density at radius 2 is 1.48 bits per heavy atom. The smallest absolute Gasteiger partial charge is 0.329 e. The highest BCUT2D eigenvalue weighted by atomic mass is 16.5. The Bertz CT molecular complexity index is 849. The molecule has 0 saturated heterocycles. The van der Waals surface area contributed by atoms with E-state index in [0.717, 1.165) is 24.2 Å². The lowest BCUT2D eigenvalue weighted by molar-refractivity contribution is -0.159. The van der Waals surface area contributed by atoms with Crippen molar-refractivity contribution in [3.05, 3.63) is 35.4 Å². The predicted octanol–water partition coefficient (Wildman–Crippen LogP) is 3.00. The molecule has 0 unspecified atom stereocenters. The first-order valence-corrected chi connectivity index (χ1v) is 10.5. The fraction of sp³-hybridized carbons (Fsp3) is 0.565. The third-order valence-electron chi connectivity index (χ3n) is 7.53. The van der Waals surface area contributed by atoms with Gasteiger partial charge >= 0.3 is 5.97 Å². The lowest BCUT2D eigenvalue weighted by Crippen LogP contribution is -2.51. The van der Waals surface area contributed by atoms with E-state index in [1.54, 1.807) is 24.3 Å². The minimum Gasteiger partial charge on any atom is -0.456 e. The number of hydrogen-bond donors (Lipinski definition) is 0. The van der Waals surface area contributed by atoms with Crippen molar-refractivity contribution in [2.75, 3.05) is 6.61 Å². The molecule has 6 heteroatoms. The van der Waals surface area contributed by atoms with E-state index in [0.29, 0.717) is 28.9 Å². The molecule has 4 bridgehead atoms. The number of amides is 2. The molecule has 0 spiro atoms. The molecule has 1 atom stereocenters. The Hall–Kier alpha value is -2.50. The molecule has 1 aromatic carbocycles. The van der Waals surface area contributed by atoms with Crippen molar-refractivity contribution in [2.45, 2.75) is 51.5 Å². The van der Waals surface area contributed by atoms with Crippen LogP contribution in [-0.2, 0) is 14.3 Å². The van der Waals surface area contributed by atoms with E-state index in [-0.39, 0.29) is 17.8 Å². The van der Waals surface area contributed by atoms with Gasteiger partial charge in [-0.15, -0.1) is 0 Å². The number of carbonyl (C=O) groups is 4. The van der Waals surface area contributed by atoms with Gasteiger partial charge in [-0.1, -0.05) is 12.1 Å². The van der Waals surface area contributed by atoms with Crippen LogP contribution < -0.4 is 0 Å². The minimum atomic E-state index is -1.06. The van der Waals surface area contributed by atoms with Crippen molar-refractivity contribution in [3.8, 4) is 0 Å². The second kappa shape index (κ2) is 6.51. The van der Waals surface area contributed by atoms with E-state index in [2.05, 4.69) is 0 Å². The molecule has 5 aliphatic rings. The Morgan fingerprint density at radius 3 is 1.97 bits per heavy atom. The number of ether oxygens (including phenoxy) is 1. The van der Waals surface area contributed by atoms with Gasteiger partial charge in [-0.2, -0.15) is 0 Å². The standard InChI is InChI=1S/C23H25NO5/c1-13(24-20(26)17-4-2-3-5-18(17)21(24)27)22(28)29-12-19(25)23-9-14-6-15(10-23)8-16(7-14)11-23/h2-5,13-16H,6-12H2,1H3/t13-,14?,15?,16?,23?/m0/s1. The second-order valence-electron chi connectivity index (χ2n) is 9.43. The molecule has 1 aromatic rings. The summed E-state index contributed by atoms with van der Waals surface area (Å²) in [5, 5.41) is 0. The maximum Gasteiger partial charge on any atom is 0.329 e. The van der Waals surface area contributed by atoms with Crippen molar-refractivity contribution < 1.29 is 23.9 Å². The maximum atomic E-state index is 13.0. The fourth-order valence-corrected chi connectivity index (χ4v) is 6.53. The van der Waals surface area contributed by atoms with Gasteiger partial charge in [0.05, 0.1) is 11.1 Å². The van der Waals surface area contributed by atoms with E-state index in [4.69, 9.17) is 4.74 Å². The van der Waals surface area contributed by atoms with E-state index in [9.17, 15) is 19.2 Å². The molecule has 152 valence electrons. The number of esters is 1. The maximum absolute atomic E-state index is 13.0. The molecule has 6 nitrogen and oxygen atoms in total. The van der Waals surface area contributed by atoms with Crippen molar-refractivity contribution in [3.63, 3.8) is 0 Å². The van der Waals surface area contributed by atoms with Gasteiger partial charge < -0.3 is 4.74 Å². The summed E-state index contributed by atoms with van der Waals surface area (Å²) >= 11 is 0. The Balaban J connectivity index is 1.24. The lowest BCUT2D eigenvalue weighted by Gasteiger charge is -2.55. The second-order valence-corrected chi connectivity index (χ2v) is 9.43. The van der Waals surface area contributed by atoms with Crippen molar-refractivity contribution >= 4 is 23.6 Å². The third kappa shape index (κ3) is 2.83. The van der Waals surface area contributed by atoms with Crippen molar-refractivity contribution in [1.82, 2.24) is 4.90 Å². The van der Waals surface area contributed by atoms with E-state index in [1.165, 1.54) is 26.2 Å². The quantitative estimate of drug-likeness (QED) is 0.566. The summed E-state index contributed by atoms with van der Waals surface area (Å²) in [6, 6.07) is 5.45. The van der Waals surface area contributed by atoms with E-state index >= 15 is 0 Å². The number of nitrogens with zero attached hydrogens (tertiary/aromatic N) is 1.